The number of halogens is 1. The number of hydrogen-bond acceptors (Lipinski definition) is 4. The number of rotatable bonds is 7. The van der Waals surface area contributed by atoms with E-state index in [4.69, 9.17) is 0 Å². The molecular formula is C22H27FN2O6. The fourth-order valence-electron chi connectivity index (χ4n) is 3.44. The maximum Gasteiger partial charge on any atom is 0.336 e. The molecular weight excluding hydrogens is 407 g/mol. The highest BCUT2D eigenvalue weighted by Crippen LogP contribution is 2.15. The first-order valence-electron chi connectivity index (χ1n) is 9.58. The maximum absolute atomic E-state index is 12.9. The minimum atomic E-state index is -1.11. The minimum Gasteiger partial charge on any atom is -0.478 e. The normalized spacial score (nSPS) is 13.6. The molecule has 1 amide bonds. The predicted octanol–water partition coefficient (Wildman–Crippen LogP) is 1.30. The minimum absolute atomic E-state index is 0. The largest absolute Gasteiger partial charge is 0.478 e. The van der Waals surface area contributed by atoms with Crippen LogP contribution in [0.2, 0.25) is 0 Å². The Morgan fingerprint density at radius 1 is 0.871 bits per heavy atom. The summed E-state index contributed by atoms with van der Waals surface area (Å²) in [6.07, 6.45) is 1.07. The van der Waals surface area contributed by atoms with Crippen LogP contribution in [0.15, 0.2) is 48.5 Å². The van der Waals surface area contributed by atoms with E-state index in [2.05, 4.69) is 4.90 Å². The van der Waals surface area contributed by atoms with Crippen LogP contribution in [0.1, 0.15) is 43.9 Å². The average Bonchev–Trinajstić information content (AvgIpc) is 2.74. The van der Waals surface area contributed by atoms with Gasteiger partial charge in [-0.05, 0) is 49.4 Å². The number of carbonyl (C=O) groups is 3. The number of carbonyl (C=O) groups excluding carboxylic acids is 2. The highest BCUT2D eigenvalue weighted by Gasteiger charge is 2.25. The van der Waals surface area contributed by atoms with E-state index in [1.165, 1.54) is 30.3 Å². The van der Waals surface area contributed by atoms with Gasteiger partial charge in [0.1, 0.15) is 5.82 Å². The number of carboxylic acids is 1. The molecule has 2 aromatic rings. The van der Waals surface area contributed by atoms with Crippen molar-refractivity contribution in [1.82, 2.24) is 9.80 Å². The van der Waals surface area contributed by atoms with Gasteiger partial charge in [0, 0.05) is 38.2 Å². The third kappa shape index (κ3) is 6.68. The summed E-state index contributed by atoms with van der Waals surface area (Å²) < 4.78 is 12.9. The van der Waals surface area contributed by atoms with Crippen LogP contribution in [0.25, 0.3) is 0 Å². The molecule has 0 aromatic heterocycles. The molecule has 1 aliphatic heterocycles. The van der Waals surface area contributed by atoms with E-state index >= 15 is 0 Å². The first-order valence-corrected chi connectivity index (χ1v) is 9.58. The van der Waals surface area contributed by atoms with Crippen molar-refractivity contribution in [2.24, 2.45) is 0 Å². The zero-order valence-corrected chi connectivity index (χ0v) is 17.0. The molecule has 31 heavy (non-hydrogen) atoms. The molecule has 0 aliphatic carbocycles. The monoisotopic (exact) mass is 434 g/mol. The van der Waals surface area contributed by atoms with Gasteiger partial charge in [-0.25, -0.2) is 9.18 Å². The molecule has 0 bridgehead atoms. The summed E-state index contributed by atoms with van der Waals surface area (Å²) in [5.74, 6) is -1.75. The van der Waals surface area contributed by atoms with E-state index in [0.29, 0.717) is 44.6 Å². The van der Waals surface area contributed by atoms with Gasteiger partial charge in [-0.1, -0.05) is 12.1 Å². The lowest BCUT2D eigenvalue weighted by atomic mass is 10.1. The second kappa shape index (κ2) is 11.9. The van der Waals surface area contributed by atoms with Crippen LogP contribution in [-0.2, 0) is 0 Å². The van der Waals surface area contributed by atoms with Crippen molar-refractivity contribution in [2.75, 3.05) is 32.7 Å². The van der Waals surface area contributed by atoms with Crippen molar-refractivity contribution < 1.29 is 34.8 Å². The quantitative estimate of drug-likeness (QED) is 0.654. The van der Waals surface area contributed by atoms with E-state index in [9.17, 15) is 23.9 Å². The topological polar surface area (TPSA) is 141 Å². The number of Topliss-reactive ketones (excluding diaryl/α,β-unsaturated/α-hetero) is 1. The van der Waals surface area contributed by atoms with E-state index in [1.54, 1.807) is 23.1 Å². The van der Waals surface area contributed by atoms with Crippen LogP contribution in [0.4, 0.5) is 4.39 Å². The van der Waals surface area contributed by atoms with Gasteiger partial charge >= 0.3 is 5.97 Å². The Bertz CT molecular complexity index is 895. The van der Waals surface area contributed by atoms with E-state index in [-0.39, 0.29) is 39.6 Å². The van der Waals surface area contributed by atoms with Gasteiger partial charge < -0.3 is 21.0 Å². The first kappa shape index (κ1) is 25.9. The number of nitrogens with zero attached hydrogens (tertiary/aromatic N) is 2. The summed E-state index contributed by atoms with van der Waals surface area (Å²) >= 11 is 0. The van der Waals surface area contributed by atoms with Gasteiger partial charge in [0.15, 0.2) is 5.78 Å². The summed E-state index contributed by atoms with van der Waals surface area (Å²) in [5, 5.41) is 9.27. The molecule has 0 spiro atoms. The van der Waals surface area contributed by atoms with Crippen LogP contribution in [0.3, 0.4) is 0 Å². The zero-order chi connectivity index (χ0) is 20.8. The van der Waals surface area contributed by atoms with Crippen LogP contribution in [0.5, 0.6) is 0 Å². The highest BCUT2D eigenvalue weighted by molar-refractivity contribution is 6.04. The Labute approximate surface area is 179 Å². The van der Waals surface area contributed by atoms with Crippen LogP contribution < -0.4 is 0 Å². The smallest absolute Gasteiger partial charge is 0.336 e. The Hall–Kier alpha value is -3.14. The predicted molar refractivity (Wildman–Crippen MR) is 113 cm³/mol. The van der Waals surface area contributed by atoms with Gasteiger partial charge in [-0.2, -0.15) is 0 Å². The van der Waals surface area contributed by atoms with Crippen molar-refractivity contribution in [1.29, 1.82) is 0 Å². The second-order valence-electron chi connectivity index (χ2n) is 7.02. The van der Waals surface area contributed by atoms with Gasteiger partial charge in [-0.3, -0.25) is 14.5 Å². The molecule has 2 aromatic carbocycles. The lowest BCUT2D eigenvalue weighted by Crippen LogP contribution is -2.49. The molecule has 1 aliphatic rings. The van der Waals surface area contributed by atoms with Gasteiger partial charge in [0.25, 0.3) is 5.91 Å². The SMILES string of the molecule is O.O.O=C(CCCN1CCN(C(=O)c2ccccc2C(=O)O)CC1)c1ccc(F)cc1. The third-order valence-corrected chi connectivity index (χ3v) is 5.09. The van der Waals surface area contributed by atoms with Crippen molar-refractivity contribution in [3.05, 3.63) is 71.0 Å². The summed E-state index contributed by atoms with van der Waals surface area (Å²) in [5.41, 5.74) is 0.733. The summed E-state index contributed by atoms with van der Waals surface area (Å²) in [6.45, 7) is 3.11. The first-order chi connectivity index (χ1) is 14.0. The maximum atomic E-state index is 12.9. The van der Waals surface area contributed by atoms with E-state index in [0.717, 1.165) is 6.54 Å². The molecule has 9 heteroatoms. The van der Waals surface area contributed by atoms with E-state index < -0.39 is 5.97 Å². The summed E-state index contributed by atoms with van der Waals surface area (Å²) in [6, 6.07) is 11.8. The van der Waals surface area contributed by atoms with E-state index in [1.807, 2.05) is 0 Å². The van der Waals surface area contributed by atoms with Crippen LogP contribution >= 0.6 is 0 Å². The highest BCUT2D eigenvalue weighted by atomic mass is 19.1. The number of aromatic carboxylic acids is 1. The zero-order valence-electron chi connectivity index (χ0n) is 17.0. The van der Waals surface area contributed by atoms with Crippen LogP contribution in [-0.4, -0.2) is 76.2 Å². The molecule has 1 saturated heterocycles. The Balaban J connectivity index is 0.00000240. The molecule has 8 nitrogen and oxygen atoms in total. The third-order valence-electron chi connectivity index (χ3n) is 5.09. The van der Waals surface area contributed by atoms with Gasteiger partial charge in [0.2, 0.25) is 0 Å². The standard InChI is InChI=1S/C22H23FN2O4.2H2O/c23-17-9-7-16(8-10-17)20(26)6-3-11-24-12-14-25(15-13-24)21(27)18-4-1-2-5-19(18)22(28)29;;/h1-2,4-5,7-10H,3,6,11-15H2,(H,28,29);2*1H2. The molecule has 1 heterocycles. The van der Waals surface area contributed by atoms with Crippen molar-refractivity contribution in [2.45, 2.75) is 12.8 Å². The molecule has 0 unspecified atom stereocenters. The summed E-state index contributed by atoms with van der Waals surface area (Å²) in [4.78, 5) is 40.0. The number of hydrogen-bond donors (Lipinski definition) is 1. The van der Waals surface area contributed by atoms with Gasteiger partial charge in [-0.15, -0.1) is 0 Å². The average molecular weight is 434 g/mol. The van der Waals surface area contributed by atoms with Crippen molar-refractivity contribution >= 4 is 17.7 Å². The fourth-order valence-corrected chi connectivity index (χ4v) is 3.44. The molecule has 0 atom stereocenters. The molecule has 3 rings (SSSR count). The Morgan fingerprint density at radius 2 is 1.45 bits per heavy atom. The molecule has 168 valence electrons. The lowest BCUT2D eigenvalue weighted by molar-refractivity contribution is 0.0614. The molecule has 1 fully saturated rings. The number of amides is 1. The van der Waals surface area contributed by atoms with Crippen molar-refractivity contribution in [3.63, 3.8) is 0 Å². The number of carboxylic acid groups (broad SMARTS) is 1. The molecule has 0 saturated carbocycles. The summed E-state index contributed by atoms with van der Waals surface area (Å²) in [7, 11) is 0. The van der Waals surface area contributed by atoms with Crippen LogP contribution in [0, 0.1) is 5.82 Å². The lowest BCUT2D eigenvalue weighted by Gasteiger charge is -2.35. The fraction of sp³-hybridized carbons (Fsp3) is 0.318. The van der Waals surface area contributed by atoms with Gasteiger partial charge in [0.05, 0.1) is 11.1 Å². The Morgan fingerprint density at radius 3 is 2.03 bits per heavy atom. The molecule has 5 N–H and O–H groups in total. The number of benzene rings is 2. The molecule has 0 radical (unpaired) electrons. The Kier molecular flexibility index (Phi) is 9.94. The second-order valence-corrected chi connectivity index (χ2v) is 7.02. The van der Waals surface area contributed by atoms with Crippen molar-refractivity contribution in [3.8, 4) is 0 Å². The number of piperazine rings is 1. The number of ketones is 1.